The summed E-state index contributed by atoms with van der Waals surface area (Å²) in [6, 6.07) is 12.0. The third kappa shape index (κ3) is 4.07. The number of nitriles is 1. The van der Waals surface area contributed by atoms with Gasteiger partial charge in [0.25, 0.3) is 0 Å². The van der Waals surface area contributed by atoms with Gasteiger partial charge in [-0.3, -0.25) is 0 Å². The second kappa shape index (κ2) is 7.66. The number of hydrogen-bond acceptors (Lipinski definition) is 4. The molecule has 1 aromatic carbocycles. The fourth-order valence-electron chi connectivity index (χ4n) is 1.96. The van der Waals surface area contributed by atoms with Crippen molar-refractivity contribution < 1.29 is 4.74 Å². The van der Waals surface area contributed by atoms with Gasteiger partial charge in [0.2, 0.25) is 0 Å². The summed E-state index contributed by atoms with van der Waals surface area (Å²) >= 11 is 1.65. The van der Waals surface area contributed by atoms with E-state index in [1.807, 2.05) is 30.3 Å². The van der Waals surface area contributed by atoms with E-state index in [1.54, 1.807) is 11.3 Å². The Kier molecular flexibility index (Phi) is 5.57. The van der Waals surface area contributed by atoms with Gasteiger partial charge in [0, 0.05) is 11.3 Å². The van der Waals surface area contributed by atoms with Crippen LogP contribution >= 0.6 is 11.3 Å². The first-order valence-corrected chi connectivity index (χ1v) is 7.67. The summed E-state index contributed by atoms with van der Waals surface area (Å²) in [4.78, 5) is 5.75. The third-order valence-electron chi connectivity index (χ3n) is 2.88. The molecule has 20 heavy (non-hydrogen) atoms. The molecule has 0 aliphatic heterocycles. The first-order chi connectivity index (χ1) is 9.83. The molecule has 0 saturated heterocycles. The number of thiazole rings is 1. The van der Waals surface area contributed by atoms with Crippen LogP contribution in [0, 0.1) is 11.3 Å². The molecule has 0 radical (unpaired) electrons. The molecule has 0 aliphatic rings. The molecule has 3 nitrogen and oxygen atoms in total. The molecule has 2 rings (SSSR count). The number of rotatable bonds is 7. The minimum atomic E-state index is 0.465. The van der Waals surface area contributed by atoms with Crippen LogP contribution in [0.4, 0.5) is 0 Å². The number of aromatic nitrogens is 1. The fraction of sp³-hybridized carbons (Fsp3) is 0.375. The summed E-state index contributed by atoms with van der Waals surface area (Å²) in [5, 5.41) is 9.92. The van der Waals surface area contributed by atoms with Gasteiger partial charge in [0.05, 0.1) is 29.8 Å². The lowest BCUT2D eigenvalue weighted by atomic mass is 10.2. The lowest BCUT2D eigenvalue weighted by Gasteiger charge is -2.03. The SMILES string of the molecule is CCCc1nc(CCOc2ccccc2)sc1CC#N. The highest BCUT2D eigenvalue weighted by Crippen LogP contribution is 2.21. The number of nitrogens with zero attached hydrogens (tertiary/aromatic N) is 2. The smallest absolute Gasteiger partial charge is 0.119 e. The van der Waals surface area contributed by atoms with Gasteiger partial charge >= 0.3 is 0 Å². The van der Waals surface area contributed by atoms with Gasteiger partial charge in [-0.05, 0) is 18.6 Å². The van der Waals surface area contributed by atoms with Crippen molar-refractivity contribution in [2.24, 2.45) is 0 Å². The Morgan fingerprint density at radius 3 is 2.75 bits per heavy atom. The highest BCUT2D eigenvalue weighted by Gasteiger charge is 2.10. The second-order valence-electron chi connectivity index (χ2n) is 4.47. The average molecular weight is 286 g/mol. The molecule has 0 amide bonds. The Hall–Kier alpha value is -1.86. The number of benzene rings is 1. The molecule has 0 N–H and O–H groups in total. The summed E-state index contributed by atoms with van der Waals surface area (Å²) < 4.78 is 5.68. The third-order valence-corrected chi connectivity index (χ3v) is 4.03. The van der Waals surface area contributed by atoms with E-state index in [9.17, 15) is 0 Å². The molecule has 0 spiro atoms. The van der Waals surface area contributed by atoms with Gasteiger partial charge in [0.15, 0.2) is 0 Å². The van der Waals surface area contributed by atoms with Gasteiger partial charge < -0.3 is 4.74 Å². The van der Waals surface area contributed by atoms with Crippen molar-refractivity contribution in [1.82, 2.24) is 4.98 Å². The quantitative estimate of drug-likeness (QED) is 0.778. The molecule has 1 aromatic heterocycles. The summed E-state index contributed by atoms with van der Waals surface area (Å²) in [5.41, 5.74) is 1.09. The van der Waals surface area contributed by atoms with Crippen molar-refractivity contribution in [2.45, 2.75) is 32.6 Å². The molecule has 0 saturated carbocycles. The molecular weight excluding hydrogens is 268 g/mol. The van der Waals surface area contributed by atoms with E-state index in [2.05, 4.69) is 18.0 Å². The Morgan fingerprint density at radius 1 is 1.25 bits per heavy atom. The lowest BCUT2D eigenvalue weighted by molar-refractivity contribution is 0.321. The maximum absolute atomic E-state index is 8.85. The maximum atomic E-state index is 8.85. The van der Waals surface area contributed by atoms with Crippen molar-refractivity contribution in [3.63, 3.8) is 0 Å². The van der Waals surface area contributed by atoms with E-state index in [0.717, 1.165) is 40.6 Å². The molecular formula is C16H18N2OS. The molecule has 0 bridgehead atoms. The number of aryl methyl sites for hydroxylation is 1. The van der Waals surface area contributed by atoms with E-state index in [0.29, 0.717) is 13.0 Å². The molecule has 0 atom stereocenters. The Labute approximate surface area is 123 Å². The van der Waals surface area contributed by atoms with Crippen molar-refractivity contribution in [3.05, 3.63) is 45.9 Å². The lowest BCUT2D eigenvalue weighted by Crippen LogP contribution is -2.01. The molecule has 0 unspecified atom stereocenters. The summed E-state index contributed by atoms with van der Waals surface area (Å²) in [7, 11) is 0. The zero-order valence-electron chi connectivity index (χ0n) is 11.6. The van der Waals surface area contributed by atoms with E-state index >= 15 is 0 Å². The Balaban J connectivity index is 1.92. The topological polar surface area (TPSA) is 45.9 Å². The van der Waals surface area contributed by atoms with Crippen LogP contribution in [0.1, 0.15) is 28.9 Å². The van der Waals surface area contributed by atoms with E-state index < -0.39 is 0 Å². The highest BCUT2D eigenvalue weighted by molar-refractivity contribution is 7.11. The minimum Gasteiger partial charge on any atom is -0.493 e. The van der Waals surface area contributed by atoms with Crippen molar-refractivity contribution in [3.8, 4) is 11.8 Å². The monoisotopic (exact) mass is 286 g/mol. The second-order valence-corrected chi connectivity index (χ2v) is 5.64. The van der Waals surface area contributed by atoms with Gasteiger partial charge in [-0.2, -0.15) is 5.26 Å². The van der Waals surface area contributed by atoms with Crippen LogP contribution in [0.5, 0.6) is 5.75 Å². The zero-order valence-corrected chi connectivity index (χ0v) is 12.4. The first-order valence-electron chi connectivity index (χ1n) is 6.85. The highest BCUT2D eigenvalue weighted by atomic mass is 32.1. The van der Waals surface area contributed by atoms with Crippen LogP contribution < -0.4 is 4.74 Å². The molecule has 0 fully saturated rings. The van der Waals surface area contributed by atoms with Crippen LogP contribution in [-0.2, 0) is 19.3 Å². The van der Waals surface area contributed by atoms with Crippen LogP contribution in [0.25, 0.3) is 0 Å². The first kappa shape index (κ1) is 14.5. The molecule has 104 valence electrons. The number of hydrogen-bond donors (Lipinski definition) is 0. The number of para-hydroxylation sites is 1. The van der Waals surface area contributed by atoms with Crippen LogP contribution in [0.15, 0.2) is 30.3 Å². The summed E-state index contributed by atoms with van der Waals surface area (Å²) in [6.45, 7) is 2.75. The predicted octanol–water partition coefficient (Wildman–Crippen LogP) is 3.78. The van der Waals surface area contributed by atoms with Crippen LogP contribution in [0.2, 0.25) is 0 Å². The van der Waals surface area contributed by atoms with Crippen molar-refractivity contribution in [1.29, 1.82) is 5.26 Å². The fourth-order valence-corrected chi connectivity index (χ4v) is 2.99. The predicted molar refractivity (Wildman–Crippen MR) is 81.1 cm³/mol. The van der Waals surface area contributed by atoms with Gasteiger partial charge in [-0.1, -0.05) is 31.5 Å². The Bertz CT molecular complexity index is 572. The normalized spacial score (nSPS) is 10.2. The molecule has 4 heteroatoms. The van der Waals surface area contributed by atoms with Crippen LogP contribution in [-0.4, -0.2) is 11.6 Å². The van der Waals surface area contributed by atoms with E-state index in [1.165, 1.54) is 0 Å². The molecule has 2 aromatic rings. The van der Waals surface area contributed by atoms with Gasteiger partial charge in [0.1, 0.15) is 5.75 Å². The van der Waals surface area contributed by atoms with Gasteiger partial charge in [-0.25, -0.2) is 4.98 Å². The largest absolute Gasteiger partial charge is 0.493 e. The zero-order chi connectivity index (χ0) is 14.2. The van der Waals surface area contributed by atoms with Crippen molar-refractivity contribution >= 4 is 11.3 Å². The minimum absolute atomic E-state index is 0.465. The average Bonchev–Trinajstić information content (AvgIpc) is 2.83. The summed E-state index contributed by atoms with van der Waals surface area (Å²) in [5.74, 6) is 0.884. The molecule has 0 aliphatic carbocycles. The van der Waals surface area contributed by atoms with E-state index in [-0.39, 0.29) is 0 Å². The van der Waals surface area contributed by atoms with E-state index in [4.69, 9.17) is 10.00 Å². The van der Waals surface area contributed by atoms with Gasteiger partial charge in [-0.15, -0.1) is 11.3 Å². The maximum Gasteiger partial charge on any atom is 0.119 e. The number of ether oxygens (including phenoxy) is 1. The Morgan fingerprint density at radius 2 is 2.05 bits per heavy atom. The standard InChI is InChI=1S/C16H18N2OS/c1-2-6-14-15(9-11-17)20-16(18-14)10-12-19-13-7-4-3-5-8-13/h3-5,7-8H,2,6,9-10,12H2,1H3. The van der Waals surface area contributed by atoms with Crippen LogP contribution in [0.3, 0.4) is 0 Å². The summed E-state index contributed by atoms with van der Waals surface area (Å²) in [6.07, 6.45) is 3.27. The van der Waals surface area contributed by atoms with Crippen molar-refractivity contribution in [2.75, 3.05) is 6.61 Å². The molecule has 1 heterocycles.